The van der Waals surface area contributed by atoms with Crippen LogP contribution in [-0.4, -0.2) is 37.2 Å². The van der Waals surface area contributed by atoms with Crippen LogP contribution in [0, 0.1) is 0 Å². The maximum atomic E-state index is 10.8. The lowest BCUT2D eigenvalue weighted by Crippen LogP contribution is -2.42. The van der Waals surface area contributed by atoms with Gasteiger partial charge in [0.05, 0.1) is 0 Å². The largest absolute Gasteiger partial charge is 0.416 e. The zero-order valence-corrected chi connectivity index (χ0v) is 9.20. The number of amides is 1. The molecule has 1 aliphatic heterocycles. The normalized spacial score (nSPS) is 20.5. The Balaban J connectivity index is 2.21. The zero-order valence-electron chi connectivity index (χ0n) is 7.05. The quantitative estimate of drug-likeness (QED) is 0.735. The minimum absolute atomic E-state index is 0.295. The number of likely N-dealkylation sites (tertiary alicyclic amines) is 1. The van der Waals surface area contributed by atoms with Crippen molar-refractivity contribution in [1.82, 2.24) is 10.2 Å². The van der Waals surface area contributed by atoms with Gasteiger partial charge in [-0.05, 0) is 33.0 Å². The predicted molar refractivity (Wildman–Crippen MR) is 54.2 cm³/mol. The van der Waals surface area contributed by atoms with Gasteiger partial charge in [-0.15, -0.1) is 0 Å². The molecule has 0 radical (unpaired) electrons. The second kappa shape index (κ2) is 4.86. The Bertz CT molecular complexity index is 157. The smallest absolute Gasteiger partial charge is 0.378 e. The summed E-state index contributed by atoms with van der Waals surface area (Å²) in [6.45, 7) is 2.10. The molecule has 12 heavy (non-hydrogen) atoms. The van der Waals surface area contributed by atoms with Crippen molar-refractivity contribution in [2.45, 2.75) is 18.9 Å². The van der Waals surface area contributed by atoms with Crippen molar-refractivity contribution in [2.75, 3.05) is 20.1 Å². The van der Waals surface area contributed by atoms with Gasteiger partial charge in [-0.1, -0.05) is 0 Å². The number of nitrogens with zero attached hydrogens (tertiary/aromatic N) is 1. The summed E-state index contributed by atoms with van der Waals surface area (Å²) in [4.78, 5) is 13.1. The van der Waals surface area contributed by atoms with Crippen molar-refractivity contribution < 1.29 is 7.86 Å². The molecule has 0 unspecified atom stereocenters. The summed E-state index contributed by atoms with van der Waals surface area (Å²) in [5.41, 5.74) is 0. The Morgan fingerprint density at radius 3 is 2.67 bits per heavy atom. The fourth-order valence-electron chi connectivity index (χ4n) is 1.34. The lowest BCUT2D eigenvalue weighted by atomic mass is 10.1. The number of nitrogens with one attached hydrogen (secondary N) is 1. The second-order valence-electron chi connectivity index (χ2n) is 3.09. The third-order valence-corrected chi connectivity index (χ3v) is 2.51. The van der Waals surface area contributed by atoms with Crippen molar-refractivity contribution in [3.8, 4) is 0 Å². The van der Waals surface area contributed by atoms with E-state index < -0.39 is 0 Å². The van der Waals surface area contributed by atoms with Crippen LogP contribution in [0.3, 0.4) is 0 Å². The third-order valence-electron chi connectivity index (χ3n) is 2.11. The molecule has 1 N–H and O–H groups in total. The van der Waals surface area contributed by atoms with Gasteiger partial charge in [0.15, 0.2) is 23.0 Å². The van der Waals surface area contributed by atoms with Crippen LogP contribution in [0.25, 0.3) is 0 Å². The number of hydrogen-bond acceptors (Lipinski definition) is 3. The number of halogens is 1. The lowest BCUT2D eigenvalue weighted by Gasteiger charge is -2.28. The first-order valence-corrected chi connectivity index (χ1v) is 4.88. The van der Waals surface area contributed by atoms with E-state index in [1.807, 2.05) is 0 Å². The van der Waals surface area contributed by atoms with Crippen LogP contribution in [0.1, 0.15) is 12.8 Å². The fourth-order valence-corrected chi connectivity index (χ4v) is 1.47. The predicted octanol–water partition coefficient (Wildman–Crippen LogP) is 1.16. The highest BCUT2D eigenvalue weighted by atomic mass is 127. The molecule has 0 spiro atoms. The molecule has 0 bridgehead atoms. The highest BCUT2D eigenvalue weighted by Gasteiger charge is 2.18. The Labute approximate surface area is 86.3 Å². The molecule has 1 saturated heterocycles. The van der Waals surface area contributed by atoms with E-state index in [0.717, 1.165) is 25.9 Å². The topological polar surface area (TPSA) is 41.6 Å². The maximum absolute atomic E-state index is 10.8. The molecule has 5 heteroatoms. The fraction of sp³-hybridized carbons (Fsp3) is 0.857. The minimum Gasteiger partial charge on any atom is -0.378 e. The second-order valence-corrected chi connectivity index (χ2v) is 3.53. The summed E-state index contributed by atoms with van der Waals surface area (Å²) in [7, 11) is 2.09. The van der Waals surface area contributed by atoms with Gasteiger partial charge in [0.2, 0.25) is 0 Å². The molecule has 1 heterocycles. The first-order chi connectivity index (χ1) is 5.72. The highest BCUT2D eigenvalue weighted by Crippen LogP contribution is 2.08. The molecule has 0 aromatic carbocycles. The van der Waals surface area contributed by atoms with Crippen molar-refractivity contribution in [3.05, 3.63) is 0 Å². The molecule has 1 aliphatic rings. The minimum atomic E-state index is -0.329. The molecule has 0 atom stereocenters. The molecule has 70 valence electrons. The van der Waals surface area contributed by atoms with E-state index in [9.17, 15) is 4.79 Å². The van der Waals surface area contributed by atoms with Crippen LogP contribution in [0.2, 0.25) is 0 Å². The van der Waals surface area contributed by atoms with E-state index in [1.54, 1.807) is 23.0 Å². The first kappa shape index (κ1) is 10.0. The van der Waals surface area contributed by atoms with E-state index in [0.29, 0.717) is 6.04 Å². The molecule has 1 fully saturated rings. The molecule has 0 aromatic rings. The molecule has 0 aromatic heterocycles. The van der Waals surface area contributed by atoms with Crippen molar-refractivity contribution >= 4 is 29.1 Å². The molecular weight excluding hydrogens is 271 g/mol. The monoisotopic (exact) mass is 284 g/mol. The van der Waals surface area contributed by atoms with Crippen LogP contribution in [0.4, 0.5) is 4.79 Å². The van der Waals surface area contributed by atoms with Crippen LogP contribution in [-0.2, 0) is 3.07 Å². The van der Waals surface area contributed by atoms with Crippen molar-refractivity contribution in [3.63, 3.8) is 0 Å². The van der Waals surface area contributed by atoms with E-state index in [-0.39, 0.29) is 6.09 Å². The third kappa shape index (κ3) is 3.14. The van der Waals surface area contributed by atoms with Gasteiger partial charge < -0.3 is 13.3 Å². The van der Waals surface area contributed by atoms with Gasteiger partial charge in [0, 0.05) is 6.04 Å². The lowest BCUT2D eigenvalue weighted by molar-refractivity contribution is 0.194. The van der Waals surface area contributed by atoms with Gasteiger partial charge in [-0.25, -0.2) is 4.79 Å². The van der Waals surface area contributed by atoms with Gasteiger partial charge in [0.1, 0.15) is 0 Å². The van der Waals surface area contributed by atoms with Crippen LogP contribution >= 0.6 is 23.0 Å². The SMILES string of the molecule is CN1CCC(NC(=O)OI)CC1. The van der Waals surface area contributed by atoms with Gasteiger partial charge >= 0.3 is 6.09 Å². The molecular formula is C7H13IN2O2. The van der Waals surface area contributed by atoms with Gasteiger partial charge in [0.25, 0.3) is 0 Å². The number of carbonyl (C=O) groups is 1. The van der Waals surface area contributed by atoms with Gasteiger partial charge in [-0.3, -0.25) is 0 Å². The molecule has 0 saturated carbocycles. The van der Waals surface area contributed by atoms with E-state index >= 15 is 0 Å². The Morgan fingerprint density at radius 1 is 1.58 bits per heavy atom. The average Bonchev–Trinajstić information content (AvgIpc) is 2.09. The summed E-state index contributed by atoms with van der Waals surface area (Å²) in [6, 6.07) is 0.295. The Kier molecular flexibility index (Phi) is 4.07. The van der Waals surface area contributed by atoms with Crippen molar-refractivity contribution in [1.29, 1.82) is 0 Å². The summed E-state index contributed by atoms with van der Waals surface area (Å²) in [5.74, 6) is 0. The summed E-state index contributed by atoms with van der Waals surface area (Å²) >= 11 is 1.59. The zero-order chi connectivity index (χ0) is 8.97. The number of carbonyl (C=O) groups excluding carboxylic acids is 1. The molecule has 0 aliphatic carbocycles. The average molecular weight is 284 g/mol. The summed E-state index contributed by atoms with van der Waals surface area (Å²) in [5, 5.41) is 2.79. The van der Waals surface area contributed by atoms with Crippen LogP contribution < -0.4 is 5.32 Å². The van der Waals surface area contributed by atoms with Crippen molar-refractivity contribution in [2.24, 2.45) is 0 Å². The standard InChI is InChI=1S/C7H13IN2O2/c1-10-4-2-6(3-5-10)9-7(11)12-8/h6H,2-5H2,1H3,(H,9,11). The number of hydrogen-bond donors (Lipinski definition) is 1. The first-order valence-electron chi connectivity index (χ1n) is 4.00. The van der Waals surface area contributed by atoms with Gasteiger partial charge in [-0.2, -0.15) is 0 Å². The maximum Gasteiger partial charge on any atom is 0.416 e. The van der Waals surface area contributed by atoms with Crippen LogP contribution in [0.15, 0.2) is 0 Å². The highest BCUT2D eigenvalue weighted by molar-refractivity contribution is 14.1. The van der Waals surface area contributed by atoms with Crippen LogP contribution in [0.5, 0.6) is 0 Å². The molecule has 1 amide bonds. The van der Waals surface area contributed by atoms with E-state index in [1.165, 1.54) is 0 Å². The molecule has 1 rings (SSSR count). The summed E-state index contributed by atoms with van der Waals surface area (Å²) < 4.78 is 4.49. The number of piperidine rings is 1. The molecule has 4 nitrogen and oxygen atoms in total. The van der Waals surface area contributed by atoms with E-state index in [4.69, 9.17) is 0 Å². The number of rotatable bonds is 1. The summed E-state index contributed by atoms with van der Waals surface area (Å²) in [6.07, 6.45) is 1.70. The van der Waals surface area contributed by atoms with E-state index in [2.05, 4.69) is 20.3 Å². The Morgan fingerprint density at radius 2 is 2.17 bits per heavy atom. The Hall–Kier alpha value is -0.0400.